The van der Waals surface area contributed by atoms with Crippen molar-refractivity contribution in [2.24, 2.45) is 10.7 Å². The van der Waals surface area contributed by atoms with E-state index in [4.69, 9.17) is 10.2 Å². The number of nitrogens with zero attached hydrogens (tertiary/aromatic N) is 2. The lowest BCUT2D eigenvalue weighted by Crippen LogP contribution is -2.21. The number of rotatable bonds is 3. The summed E-state index contributed by atoms with van der Waals surface area (Å²) in [5, 5.41) is 11.3. The Morgan fingerprint density at radius 1 is 1.21 bits per heavy atom. The molecule has 0 radical (unpaired) electrons. The SMILES string of the molecule is NC(=O)c1cc2cc([N+](=O)[O-])ccc2oc1=Nc1cccc(Br)c1. The molecule has 1 heterocycles. The van der Waals surface area contributed by atoms with Crippen LogP contribution in [0.25, 0.3) is 11.0 Å². The molecule has 7 nitrogen and oxygen atoms in total. The predicted octanol–water partition coefficient (Wildman–Crippen LogP) is 3.43. The van der Waals surface area contributed by atoms with Crippen LogP contribution in [-0.4, -0.2) is 10.8 Å². The fourth-order valence-corrected chi connectivity index (χ4v) is 2.54. The summed E-state index contributed by atoms with van der Waals surface area (Å²) in [4.78, 5) is 26.3. The van der Waals surface area contributed by atoms with Crippen molar-refractivity contribution in [1.29, 1.82) is 0 Å². The van der Waals surface area contributed by atoms with E-state index in [-0.39, 0.29) is 16.8 Å². The number of amides is 1. The third-order valence-electron chi connectivity index (χ3n) is 3.25. The Bertz CT molecular complexity index is 1040. The topological polar surface area (TPSA) is 112 Å². The van der Waals surface area contributed by atoms with Crippen molar-refractivity contribution < 1.29 is 14.1 Å². The molecule has 0 aliphatic heterocycles. The monoisotopic (exact) mass is 387 g/mol. The number of non-ortho nitro benzene ring substituents is 1. The molecule has 1 amide bonds. The van der Waals surface area contributed by atoms with Crippen LogP contribution in [-0.2, 0) is 0 Å². The molecule has 24 heavy (non-hydrogen) atoms. The fourth-order valence-electron chi connectivity index (χ4n) is 2.15. The van der Waals surface area contributed by atoms with Crippen molar-refractivity contribution in [3.05, 3.63) is 74.2 Å². The van der Waals surface area contributed by atoms with Crippen molar-refractivity contribution in [3.8, 4) is 0 Å². The zero-order valence-electron chi connectivity index (χ0n) is 12.1. The average Bonchev–Trinajstić information content (AvgIpc) is 2.53. The minimum absolute atomic E-state index is 0.0435. The van der Waals surface area contributed by atoms with Gasteiger partial charge in [0, 0.05) is 22.0 Å². The first-order chi connectivity index (χ1) is 11.4. The van der Waals surface area contributed by atoms with Gasteiger partial charge in [-0.1, -0.05) is 22.0 Å². The Kier molecular flexibility index (Phi) is 4.13. The van der Waals surface area contributed by atoms with Gasteiger partial charge < -0.3 is 10.2 Å². The number of hydrogen-bond acceptors (Lipinski definition) is 5. The second-order valence-electron chi connectivity index (χ2n) is 4.90. The first kappa shape index (κ1) is 15.9. The summed E-state index contributed by atoms with van der Waals surface area (Å²) in [6, 6.07) is 12.6. The molecule has 2 aromatic carbocycles. The van der Waals surface area contributed by atoms with Gasteiger partial charge in [0.15, 0.2) is 0 Å². The van der Waals surface area contributed by atoms with E-state index >= 15 is 0 Å². The Morgan fingerprint density at radius 2 is 2.00 bits per heavy atom. The molecule has 3 rings (SSSR count). The maximum Gasteiger partial charge on any atom is 0.270 e. The van der Waals surface area contributed by atoms with Crippen molar-refractivity contribution in [3.63, 3.8) is 0 Å². The van der Waals surface area contributed by atoms with Crippen LogP contribution in [0.3, 0.4) is 0 Å². The highest BCUT2D eigenvalue weighted by Gasteiger charge is 2.12. The van der Waals surface area contributed by atoms with Crippen molar-refractivity contribution in [2.75, 3.05) is 0 Å². The summed E-state index contributed by atoms with van der Waals surface area (Å²) in [6.07, 6.45) is 0. The van der Waals surface area contributed by atoms with Crippen LogP contribution in [0.5, 0.6) is 0 Å². The van der Waals surface area contributed by atoms with Crippen LogP contribution in [0.2, 0.25) is 0 Å². The Balaban J connectivity index is 2.27. The second kappa shape index (κ2) is 6.25. The van der Waals surface area contributed by atoms with Crippen molar-refractivity contribution >= 4 is 44.2 Å². The maximum atomic E-state index is 11.7. The molecule has 0 aliphatic rings. The first-order valence-corrected chi connectivity index (χ1v) is 7.56. The molecule has 0 unspecified atom stereocenters. The zero-order valence-corrected chi connectivity index (χ0v) is 13.7. The fraction of sp³-hybridized carbons (Fsp3) is 0. The molecule has 0 bridgehead atoms. The third kappa shape index (κ3) is 3.18. The number of nitrogens with two attached hydrogens (primary N) is 1. The molecular formula is C16H10BrN3O4. The van der Waals surface area contributed by atoms with Crippen LogP contribution in [0.4, 0.5) is 11.4 Å². The van der Waals surface area contributed by atoms with Gasteiger partial charge in [-0.3, -0.25) is 14.9 Å². The number of primary amides is 1. The normalized spacial score (nSPS) is 11.6. The van der Waals surface area contributed by atoms with Crippen LogP contribution in [0.1, 0.15) is 10.4 Å². The summed E-state index contributed by atoms with van der Waals surface area (Å²) in [7, 11) is 0. The van der Waals surface area contributed by atoms with Gasteiger partial charge in [0.2, 0.25) is 5.55 Å². The largest absolute Gasteiger partial charge is 0.438 e. The van der Waals surface area contributed by atoms with Gasteiger partial charge in [0.1, 0.15) is 11.1 Å². The smallest absolute Gasteiger partial charge is 0.270 e. The van der Waals surface area contributed by atoms with Crippen LogP contribution < -0.4 is 11.3 Å². The number of carbonyl (C=O) groups is 1. The molecule has 8 heteroatoms. The minimum Gasteiger partial charge on any atom is -0.438 e. The van der Waals surface area contributed by atoms with E-state index in [1.807, 2.05) is 6.07 Å². The molecule has 0 atom stereocenters. The molecular weight excluding hydrogens is 378 g/mol. The number of halogens is 1. The van der Waals surface area contributed by atoms with Gasteiger partial charge in [-0.2, -0.15) is 0 Å². The van der Waals surface area contributed by atoms with Gasteiger partial charge in [0.05, 0.1) is 10.6 Å². The first-order valence-electron chi connectivity index (χ1n) is 6.76. The number of nitro groups is 1. The van der Waals surface area contributed by atoms with E-state index in [9.17, 15) is 14.9 Å². The molecule has 3 aromatic rings. The van der Waals surface area contributed by atoms with E-state index in [1.54, 1.807) is 18.2 Å². The lowest BCUT2D eigenvalue weighted by Gasteiger charge is -2.02. The number of nitro benzene ring substituents is 1. The second-order valence-corrected chi connectivity index (χ2v) is 5.82. The summed E-state index contributed by atoms with van der Waals surface area (Å²) < 4.78 is 6.45. The maximum absolute atomic E-state index is 11.7. The number of benzene rings is 2. The minimum atomic E-state index is -0.735. The summed E-state index contributed by atoms with van der Waals surface area (Å²) >= 11 is 3.34. The van der Waals surface area contributed by atoms with Crippen LogP contribution in [0.15, 0.2) is 62.4 Å². The Morgan fingerprint density at radius 3 is 2.67 bits per heavy atom. The standard InChI is InChI=1S/C16H10BrN3O4/c17-10-2-1-3-11(8-10)19-16-13(15(18)21)7-9-6-12(20(22)23)4-5-14(9)24-16/h1-8H,(H2,18,21). The molecule has 0 spiro atoms. The van der Waals surface area contributed by atoms with Gasteiger partial charge in [0.25, 0.3) is 11.6 Å². The number of carbonyl (C=O) groups excluding carboxylic acids is 1. The summed E-state index contributed by atoms with van der Waals surface area (Å²) in [6.45, 7) is 0. The molecule has 0 aliphatic carbocycles. The molecule has 1 aromatic heterocycles. The van der Waals surface area contributed by atoms with Gasteiger partial charge in [-0.05, 0) is 30.3 Å². The highest BCUT2D eigenvalue weighted by molar-refractivity contribution is 9.10. The average molecular weight is 388 g/mol. The third-order valence-corrected chi connectivity index (χ3v) is 3.74. The number of fused-ring (bicyclic) bond motifs is 1. The van der Waals surface area contributed by atoms with Gasteiger partial charge in [-0.25, -0.2) is 4.99 Å². The summed E-state index contributed by atoms with van der Waals surface area (Å²) in [5.74, 6) is -0.735. The zero-order chi connectivity index (χ0) is 17.3. The van der Waals surface area contributed by atoms with Crippen LogP contribution >= 0.6 is 15.9 Å². The van der Waals surface area contributed by atoms with Gasteiger partial charge >= 0.3 is 0 Å². The molecule has 0 saturated heterocycles. The highest BCUT2D eigenvalue weighted by atomic mass is 79.9. The van der Waals surface area contributed by atoms with Crippen molar-refractivity contribution in [1.82, 2.24) is 0 Å². The quantitative estimate of drug-likeness (QED) is 0.547. The predicted molar refractivity (Wildman–Crippen MR) is 90.8 cm³/mol. The molecule has 0 fully saturated rings. The lowest BCUT2D eigenvalue weighted by atomic mass is 10.1. The van der Waals surface area contributed by atoms with Crippen LogP contribution in [0, 0.1) is 10.1 Å². The van der Waals surface area contributed by atoms with E-state index < -0.39 is 10.8 Å². The highest BCUT2D eigenvalue weighted by Crippen LogP contribution is 2.22. The van der Waals surface area contributed by atoms with Crippen molar-refractivity contribution in [2.45, 2.75) is 0 Å². The van der Waals surface area contributed by atoms with E-state index in [0.717, 1.165) is 4.47 Å². The Hall–Kier alpha value is -3.00. The Labute approximate surface area is 143 Å². The number of hydrogen-bond donors (Lipinski definition) is 1. The van der Waals surface area contributed by atoms with E-state index in [1.165, 1.54) is 24.3 Å². The molecule has 0 saturated carbocycles. The lowest BCUT2D eigenvalue weighted by molar-refractivity contribution is -0.384. The molecule has 2 N–H and O–H groups in total. The molecule has 120 valence electrons. The van der Waals surface area contributed by atoms with E-state index in [2.05, 4.69) is 20.9 Å². The van der Waals surface area contributed by atoms with Gasteiger partial charge in [-0.15, -0.1) is 0 Å². The van der Waals surface area contributed by atoms with E-state index in [0.29, 0.717) is 16.7 Å². The summed E-state index contributed by atoms with van der Waals surface area (Å²) in [5.41, 5.74) is 6.29.